The molecule has 0 spiro atoms. The molecule has 2 unspecified atom stereocenters. The second-order valence-corrected chi connectivity index (χ2v) is 9.21. The van der Waals surface area contributed by atoms with Gasteiger partial charge in [-0.25, -0.2) is 4.39 Å². The minimum atomic E-state index is -0.765. The summed E-state index contributed by atoms with van der Waals surface area (Å²) < 4.78 is 15.0. The highest BCUT2D eigenvalue weighted by Gasteiger charge is 2.28. The van der Waals surface area contributed by atoms with Crippen LogP contribution in [0, 0.1) is 17.8 Å². The van der Waals surface area contributed by atoms with Gasteiger partial charge in [-0.15, -0.1) is 0 Å². The highest BCUT2D eigenvalue weighted by atomic mass is 19.1. The van der Waals surface area contributed by atoms with E-state index in [2.05, 4.69) is 13.8 Å². The molecule has 2 heteroatoms. The lowest BCUT2D eigenvalue weighted by molar-refractivity contribution is 0.149. The van der Waals surface area contributed by atoms with Crippen LogP contribution in [0.3, 0.4) is 0 Å². The minimum absolute atomic E-state index is 0.257. The summed E-state index contributed by atoms with van der Waals surface area (Å²) in [5, 5.41) is 9.43. The van der Waals surface area contributed by atoms with E-state index in [1.165, 1.54) is 77.0 Å². The summed E-state index contributed by atoms with van der Waals surface area (Å²) in [6.45, 7) is 4.58. The molecule has 1 saturated carbocycles. The lowest BCUT2D eigenvalue weighted by Gasteiger charge is -2.34. The van der Waals surface area contributed by atoms with Crippen LogP contribution in [-0.4, -0.2) is 11.3 Å². The fraction of sp³-hybridized carbons (Fsp3) is 0.769. The number of rotatable bonds is 13. The number of phenolic OH excluding ortho intramolecular Hbond substituents is 1. The summed E-state index contributed by atoms with van der Waals surface area (Å²) in [6, 6.07) is 7.05. The lowest BCUT2D eigenvalue weighted by Crippen LogP contribution is -2.25. The SMILES string of the molecule is CCCCCCCCC(CC(F)Cc1ccc(O)cc1)C1CCC(CC)CC1. The van der Waals surface area contributed by atoms with Gasteiger partial charge in [0, 0.05) is 6.42 Å². The number of hydrogen-bond acceptors (Lipinski definition) is 1. The Balaban J connectivity index is 1.84. The van der Waals surface area contributed by atoms with E-state index in [-0.39, 0.29) is 5.75 Å². The summed E-state index contributed by atoms with van der Waals surface area (Å²) in [5.41, 5.74) is 0.998. The zero-order valence-electron chi connectivity index (χ0n) is 18.3. The average Bonchev–Trinajstić information content (AvgIpc) is 2.71. The van der Waals surface area contributed by atoms with E-state index in [0.717, 1.165) is 23.8 Å². The molecule has 0 amide bonds. The van der Waals surface area contributed by atoms with E-state index in [0.29, 0.717) is 12.3 Å². The number of hydrogen-bond donors (Lipinski definition) is 1. The minimum Gasteiger partial charge on any atom is -0.508 e. The third-order valence-corrected chi connectivity index (χ3v) is 7.02. The first-order valence-corrected chi connectivity index (χ1v) is 12.0. The number of halogens is 1. The van der Waals surface area contributed by atoms with Gasteiger partial charge in [0.05, 0.1) is 0 Å². The van der Waals surface area contributed by atoms with Crippen LogP contribution in [0.2, 0.25) is 0 Å². The molecule has 160 valence electrons. The molecule has 1 aromatic rings. The van der Waals surface area contributed by atoms with Crippen LogP contribution in [0.25, 0.3) is 0 Å². The standard InChI is InChI=1S/C26H43FO/c1-3-5-6-7-8-9-10-24(23-15-11-21(4-2)12-16-23)20-25(27)19-22-13-17-26(28)18-14-22/h13-14,17-18,21,23-25,28H,3-12,15-16,19-20H2,1-2H3. The van der Waals surface area contributed by atoms with Crippen molar-refractivity contribution in [3.05, 3.63) is 29.8 Å². The Labute approximate surface area is 173 Å². The molecule has 1 fully saturated rings. The van der Waals surface area contributed by atoms with Gasteiger partial charge in [-0.3, -0.25) is 0 Å². The first-order valence-electron chi connectivity index (χ1n) is 12.0. The van der Waals surface area contributed by atoms with Crippen molar-refractivity contribution in [3.63, 3.8) is 0 Å². The van der Waals surface area contributed by atoms with Crippen LogP contribution in [0.4, 0.5) is 4.39 Å². The van der Waals surface area contributed by atoms with Crippen LogP contribution in [0.15, 0.2) is 24.3 Å². The van der Waals surface area contributed by atoms with Crippen molar-refractivity contribution in [1.82, 2.24) is 0 Å². The molecule has 0 radical (unpaired) electrons. The number of alkyl halides is 1. The maximum absolute atomic E-state index is 15.0. The Morgan fingerprint density at radius 1 is 0.929 bits per heavy atom. The van der Waals surface area contributed by atoms with E-state index in [1.54, 1.807) is 12.1 Å². The van der Waals surface area contributed by atoms with Crippen molar-refractivity contribution in [1.29, 1.82) is 0 Å². The van der Waals surface area contributed by atoms with Gasteiger partial charge >= 0.3 is 0 Å². The van der Waals surface area contributed by atoms with Crippen molar-refractivity contribution < 1.29 is 9.50 Å². The van der Waals surface area contributed by atoms with E-state index >= 15 is 0 Å². The fourth-order valence-electron chi connectivity index (χ4n) is 5.10. The van der Waals surface area contributed by atoms with Crippen LogP contribution < -0.4 is 0 Å². The second-order valence-electron chi connectivity index (χ2n) is 9.21. The van der Waals surface area contributed by atoms with Gasteiger partial charge in [0.15, 0.2) is 0 Å². The van der Waals surface area contributed by atoms with Crippen molar-refractivity contribution in [2.45, 2.75) is 110 Å². The molecule has 1 N–H and O–H groups in total. The van der Waals surface area contributed by atoms with Crippen molar-refractivity contribution in [3.8, 4) is 5.75 Å². The summed E-state index contributed by atoms with van der Waals surface area (Å²) in [6.07, 6.45) is 16.2. The molecule has 2 rings (SSSR count). The highest BCUT2D eigenvalue weighted by molar-refractivity contribution is 5.26. The van der Waals surface area contributed by atoms with Crippen LogP contribution in [0.1, 0.15) is 103 Å². The Hall–Kier alpha value is -1.05. The molecule has 1 aliphatic rings. The monoisotopic (exact) mass is 390 g/mol. The number of aromatic hydroxyl groups is 1. The molecule has 0 saturated heterocycles. The smallest absolute Gasteiger partial charge is 0.115 e. The number of phenols is 1. The molecular formula is C26H43FO. The maximum Gasteiger partial charge on any atom is 0.115 e. The number of unbranched alkanes of at least 4 members (excludes halogenated alkanes) is 5. The fourth-order valence-corrected chi connectivity index (χ4v) is 5.10. The van der Waals surface area contributed by atoms with Gasteiger partial charge in [0.2, 0.25) is 0 Å². The molecule has 1 aromatic carbocycles. The van der Waals surface area contributed by atoms with E-state index < -0.39 is 6.17 Å². The molecule has 0 heterocycles. The Morgan fingerprint density at radius 3 is 2.21 bits per heavy atom. The van der Waals surface area contributed by atoms with E-state index in [1.807, 2.05) is 12.1 Å². The maximum atomic E-state index is 15.0. The molecule has 0 aliphatic heterocycles. The van der Waals surface area contributed by atoms with Gasteiger partial charge in [-0.2, -0.15) is 0 Å². The Bertz CT molecular complexity index is 504. The summed E-state index contributed by atoms with van der Waals surface area (Å²) in [7, 11) is 0. The third-order valence-electron chi connectivity index (χ3n) is 7.02. The van der Waals surface area contributed by atoms with Gasteiger partial charge in [0.1, 0.15) is 11.9 Å². The van der Waals surface area contributed by atoms with Crippen LogP contribution >= 0.6 is 0 Å². The average molecular weight is 391 g/mol. The summed E-state index contributed by atoms with van der Waals surface area (Å²) >= 11 is 0. The molecule has 2 atom stereocenters. The third kappa shape index (κ3) is 8.53. The van der Waals surface area contributed by atoms with Crippen molar-refractivity contribution in [2.75, 3.05) is 0 Å². The summed E-state index contributed by atoms with van der Waals surface area (Å²) in [5.74, 6) is 2.45. The topological polar surface area (TPSA) is 20.2 Å². The van der Waals surface area contributed by atoms with Gasteiger partial charge in [-0.1, -0.05) is 90.2 Å². The van der Waals surface area contributed by atoms with Gasteiger partial charge in [0.25, 0.3) is 0 Å². The second kappa shape index (κ2) is 13.2. The Morgan fingerprint density at radius 2 is 1.57 bits per heavy atom. The normalized spacial score (nSPS) is 22.1. The Kier molecular flexibility index (Phi) is 11.0. The molecule has 1 aliphatic carbocycles. The van der Waals surface area contributed by atoms with E-state index in [9.17, 15) is 9.50 Å². The molecule has 28 heavy (non-hydrogen) atoms. The van der Waals surface area contributed by atoms with Crippen LogP contribution in [0.5, 0.6) is 5.75 Å². The number of benzene rings is 1. The first kappa shape index (κ1) is 23.2. The molecule has 0 aromatic heterocycles. The van der Waals surface area contributed by atoms with Crippen LogP contribution in [-0.2, 0) is 6.42 Å². The first-order chi connectivity index (χ1) is 13.6. The predicted octanol–water partition coefficient (Wildman–Crippen LogP) is 8.25. The van der Waals surface area contributed by atoms with Crippen molar-refractivity contribution >= 4 is 0 Å². The zero-order valence-corrected chi connectivity index (χ0v) is 18.3. The molecule has 0 bridgehead atoms. The molecule has 1 nitrogen and oxygen atoms in total. The van der Waals surface area contributed by atoms with Crippen molar-refractivity contribution in [2.24, 2.45) is 17.8 Å². The highest BCUT2D eigenvalue weighted by Crippen LogP contribution is 2.39. The largest absolute Gasteiger partial charge is 0.508 e. The van der Waals surface area contributed by atoms with Gasteiger partial charge < -0.3 is 5.11 Å². The van der Waals surface area contributed by atoms with Gasteiger partial charge in [-0.05, 0) is 54.7 Å². The van der Waals surface area contributed by atoms with E-state index in [4.69, 9.17) is 0 Å². The lowest BCUT2D eigenvalue weighted by atomic mass is 9.72. The molecular weight excluding hydrogens is 347 g/mol. The summed E-state index contributed by atoms with van der Waals surface area (Å²) in [4.78, 5) is 0. The quantitative estimate of drug-likeness (QED) is 0.336. The predicted molar refractivity (Wildman–Crippen MR) is 119 cm³/mol. The zero-order chi connectivity index (χ0) is 20.2.